The summed E-state index contributed by atoms with van der Waals surface area (Å²) in [5.74, 6) is 0. The van der Waals surface area contributed by atoms with E-state index in [9.17, 15) is 0 Å². The highest BCUT2D eigenvalue weighted by molar-refractivity contribution is 7.99. The second kappa shape index (κ2) is 20.5. The van der Waals surface area contributed by atoms with E-state index in [-0.39, 0.29) is 0 Å². The van der Waals surface area contributed by atoms with E-state index in [0.717, 1.165) is 45.3 Å². The molecule has 14 aromatic rings. The second-order valence-corrected chi connectivity index (χ2v) is 23.0. The molecule has 0 fully saturated rings. The van der Waals surface area contributed by atoms with Gasteiger partial charge in [-0.2, -0.15) is 0 Å². The Bertz CT molecular complexity index is 4700. The van der Waals surface area contributed by atoms with Gasteiger partial charge in [-0.1, -0.05) is 260 Å². The number of fused-ring (bicyclic) bond motifs is 4. The van der Waals surface area contributed by atoms with E-state index in [2.05, 4.69) is 337 Å². The van der Waals surface area contributed by atoms with Crippen molar-refractivity contribution in [2.45, 2.75) is 15.2 Å². The quantitative estimate of drug-likeness (QED) is 0.127. The molecule has 0 N–H and O–H groups in total. The lowest BCUT2D eigenvalue weighted by Gasteiger charge is -2.42. The first-order valence-corrected chi connectivity index (χ1v) is 29.7. The van der Waals surface area contributed by atoms with Crippen LogP contribution in [0.5, 0.6) is 0 Å². The average molecular weight is 1090 g/mol. The normalized spacial score (nSPS) is 12.6. The van der Waals surface area contributed by atoms with Gasteiger partial charge in [0.05, 0.1) is 5.41 Å². The monoisotopic (exact) mass is 1090 g/mol. The number of hydrogen-bond acceptors (Lipinski definition) is 3. The molecule has 0 amide bonds. The van der Waals surface area contributed by atoms with Crippen molar-refractivity contribution in [2.24, 2.45) is 0 Å². The predicted molar refractivity (Wildman–Crippen MR) is 354 cm³/mol. The van der Waals surface area contributed by atoms with E-state index in [0.29, 0.717) is 0 Å². The zero-order valence-corrected chi connectivity index (χ0v) is 46.8. The molecule has 16 rings (SSSR count). The minimum Gasteiger partial charge on any atom is -0.310 e. The van der Waals surface area contributed by atoms with Crippen LogP contribution in [0.2, 0.25) is 0 Å². The van der Waals surface area contributed by atoms with Crippen LogP contribution in [-0.2, 0) is 5.41 Å². The molecule has 84 heavy (non-hydrogen) atoms. The molecule has 3 heteroatoms. The maximum Gasteiger partial charge on any atom is 0.0714 e. The van der Waals surface area contributed by atoms with Crippen LogP contribution in [-0.4, -0.2) is 0 Å². The van der Waals surface area contributed by atoms with Gasteiger partial charge in [-0.15, -0.1) is 0 Å². The van der Waals surface area contributed by atoms with Gasteiger partial charge in [-0.25, -0.2) is 0 Å². The summed E-state index contributed by atoms with van der Waals surface area (Å²) >= 11 is 1.87. The Balaban J connectivity index is 0.800. The Hall–Kier alpha value is -10.5. The molecule has 0 saturated heterocycles. The highest BCUT2D eigenvalue weighted by atomic mass is 32.2. The standard InChI is InChI=1S/C81H54N2S/c1-5-17-55(18-6-1)57-33-41-65(42-34-57)82(69-49-51-71-73-29-13-21-61-23-15-31-75(79(61)73)81(76(71)53-69,63-25-9-3-10-26-63)64-27-11-4-12-28-64)66-45-37-59(38-46-66)60-39-47-68(48-40-60)83(67-43-35-58(36-44-67)56-19-7-2-8-20-56)70-50-52-72-74-30-14-22-62-24-16-32-77(80(62)74)84-78(72)54-70/h1-54H. The van der Waals surface area contributed by atoms with Gasteiger partial charge < -0.3 is 9.80 Å². The van der Waals surface area contributed by atoms with E-state index in [1.54, 1.807) is 0 Å². The number of rotatable bonds is 11. The maximum atomic E-state index is 2.48. The van der Waals surface area contributed by atoms with Gasteiger partial charge in [0, 0.05) is 49.3 Å². The molecule has 0 aromatic heterocycles. The van der Waals surface area contributed by atoms with Crippen molar-refractivity contribution >= 4 is 67.4 Å². The van der Waals surface area contributed by atoms with Gasteiger partial charge in [0.25, 0.3) is 0 Å². The van der Waals surface area contributed by atoms with E-state index >= 15 is 0 Å². The highest BCUT2D eigenvalue weighted by Gasteiger charge is 2.44. The average Bonchev–Trinajstić information content (AvgIpc) is 0.820. The molecular formula is C81H54N2S. The lowest BCUT2D eigenvalue weighted by atomic mass is 9.59. The summed E-state index contributed by atoms with van der Waals surface area (Å²) in [5, 5.41) is 5.17. The summed E-state index contributed by atoms with van der Waals surface area (Å²) in [5.41, 5.74) is 23.1. The minimum absolute atomic E-state index is 0.609. The van der Waals surface area contributed by atoms with Crippen LogP contribution in [0.3, 0.4) is 0 Å². The van der Waals surface area contributed by atoms with Gasteiger partial charge in [-0.05, 0) is 173 Å². The Kier molecular flexibility index (Phi) is 12.1. The molecule has 1 aliphatic carbocycles. The van der Waals surface area contributed by atoms with Gasteiger partial charge >= 0.3 is 0 Å². The Morgan fingerprint density at radius 3 is 1.07 bits per heavy atom. The van der Waals surface area contributed by atoms with Crippen LogP contribution >= 0.6 is 11.8 Å². The van der Waals surface area contributed by atoms with Crippen molar-refractivity contribution in [3.8, 4) is 55.6 Å². The lowest BCUT2D eigenvalue weighted by molar-refractivity contribution is 0.750. The molecular weight excluding hydrogens is 1030 g/mol. The van der Waals surface area contributed by atoms with Crippen molar-refractivity contribution in [3.63, 3.8) is 0 Å². The molecule has 0 atom stereocenters. The SMILES string of the molecule is c1ccc(-c2ccc(N(c3ccc(-c4ccc(N(c5ccc(-c6ccccc6)cc5)c5ccc6c(c5)C(c5ccccc5)(c5ccccc5)c5cccc7cccc-6c57)cc4)cc3)c3ccc4c(c3)Sc3cccc5cccc-4c35)cc2)cc1. The zero-order valence-electron chi connectivity index (χ0n) is 46.0. The first-order chi connectivity index (χ1) is 41.6. The molecule has 0 unspecified atom stereocenters. The maximum absolute atomic E-state index is 2.48. The molecule has 2 nitrogen and oxygen atoms in total. The molecule has 0 radical (unpaired) electrons. The van der Waals surface area contributed by atoms with E-state index in [4.69, 9.17) is 0 Å². The van der Waals surface area contributed by atoms with Crippen LogP contribution in [0, 0.1) is 0 Å². The second-order valence-electron chi connectivity index (χ2n) is 22.0. The molecule has 2 aliphatic rings. The lowest BCUT2D eigenvalue weighted by Crippen LogP contribution is -2.34. The number of hydrogen-bond donors (Lipinski definition) is 0. The summed E-state index contributed by atoms with van der Waals surface area (Å²) in [6, 6.07) is 121. The van der Waals surface area contributed by atoms with E-state index in [1.807, 2.05) is 11.8 Å². The number of nitrogens with zero attached hydrogens (tertiary/aromatic N) is 2. The zero-order chi connectivity index (χ0) is 55.6. The molecule has 0 spiro atoms. The molecule has 0 saturated carbocycles. The number of benzene rings is 14. The van der Waals surface area contributed by atoms with Gasteiger partial charge in [0.1, 0.15) is 0 Å². The summed E-state index contributed by atoms with van der Waals surface area (Å²) in [4.78, 5) is 7.38. The molecule has 1 heterocycles. The van der Waals surface area contributed by atoms with Crippen molar-refractivity contribution < 1.29 is 0 Å². The molecule has 0 bridgehead atoms. The third kappa shape index (κ3) is 8.27. The third-order valence-corrected chi connectivity index (χ3v) is 18.4. The first-order valence-electron chi connectivity index (χ1n) is 28.9. The highest BCUT2D eigenvalue weighted by Crippen LogP contribution is 2.57. The van der Waals surface area contributed by atoms with Gasteiger partial charge in [0.2, 0.25) is 0 Å². The molecule has 14 aromatic carbocycles. The fourth-order valence-electron chi connectivity index (χ4n) is 13.5. The van der Waals surface area contributed by atoms with Crippen molar-refractivity contribution in [1.29, 1.82) is 0 Å². The minimum atomic E-state index is -0.609. The smallest absolute Gasteiger partial charge is 0.0714 e. The summed E-state index contributed by atoms with van der Waals surface area (Å²) in [6.45, 7) is 0. The fourth-order valence-corrected chi connectivity index (χ4v) is 14.6. The Morgan fingerprint density at radius 2 is 0.595 bits per heavy atom. The van der Waals surface area contributed by atoms with Crippen molar-refractivity contribution in [3.05, 3.63) is 350 Å². The van der Waals surface area contributed by atoms with Crippen molar-refractivity contribution in [2.75, 3.05) is 9.80 Å². The van der Waals surface area contributed by atoms with Crippen molar-refractivity contribution in [1.82, 2.24) is 0 Å². The Labute approximate surface area is 494 Å². The van der Waals surface area contributed by atoms with Gasteiger partial charge in [-0.3, -0.25) is 0 Å². The van der Waals surface area contributed by atoms with Crippen LogP contribution in [0.4, 0.5) is 34.1 Å². The predicted octanol–water partition coefficient (Wildman–Crippen LogP) is 22.4. The van der Waals surface area contributed by atoms with Crippen LogP contribution < -0.4 is 9.80 Å². The van der Waals surface area contributed by atoms with E-state index < -0.39 is 5.41 Å². The Morgan fingerprint density at radius 1 is 0.226 bits per heavy atom. The van der Waals surface area contributed by atoms with Gasteiger partial charge in [0.15, 0.2) is 0 Å². The summed E-state index contributed by atoms with van der Waals surface area (Å²) in [7, 11) is 0. The molecule has 1 aliphatic heterocycles. The van der Waals surface area contributed by atoms with Crippen LogP contribution in [0.1, 0.15) is 22.3 Å². The summed E-state index contributed by atoms with van der Waals surface area (Å²) < 4.78 is 0. The summed E-state index contributed by atoms with van der Waals surface area (Å²) in [6.07, 6.45) is 0. The van der Waals surface area contributed by atoms with Crippen LogP contribution in [0.25, 0.3) is 77.2 Å². The van der Waals surface area contributed by atoms with Crippen LogP contribution in [0.15, 0.2) is 337 Å². The fraction of sp³-hybridized carbons (Fsp3) is 0.0123. The van der Waals surface area contributed by atoms with E-state index in [1.165, 1.54) is 98.1 Å². The topological polar surface area (TPSA) is 6.48 Å². The third-order valence-electron chi connectivity index (χ3n) is 17.3. The molecule has 394 valence electrons. The number of anilines is 6. The largest absolute Gasteiger partial charge is 0.310 e. The first kappa shape index (κ1) is 49.4.